The average Bonchev–Trinajstić information content (AvgIpc) is 2.57. The van der Waals surface area contributed by atoms with Crippen molar-refractivity contribution in [2.75, 3.05) is 12.2 Å². The molecule has 0 saturated heterocycles. The lowest BCUT2D eigenvalue weighted by molar-refractivity contribution is 0.139. The third-order valence-electron chi connectivity index (χ3n) is 2.97. The predicted molar refractivity (Wildman–Crippen MR) is 99.2 cm³/mol. The molecule has 1 unspecified atom stereocenters. The first-order valence-corrected chi connectivity index (χ1v) is 11.0. The van der Waals surface area contributed by atoms with Crippen LogP contribution in [-0.2, 0) is 22.5 Å². The molecule has 1 aromatic heterocycles. The van der Waals surface area contributed by atoms with Gasteiger partial charge in [-0.3, -0.25) is 4.57 Å². The lowest BCUT2D eigenvalue weighted by atomic mass is 10.2. The van der Waals surface area contributed by atoms with E-state index in [2.05, 4.69) is 10.3 Å². The Hall–Kier alpha value is -1.53. The van der Waals surface area contributed by atoms with Crippen LogP contribution in [0.15, 0.2) is 47.6 Å². The second-order valence-corrected chi connectivity index (χ2v) is 9.66. The number of alkyl carbamates (subject to hydrolysis) is 1. The van der Waals surface area contributed by atoms with Crippen LogP contribution in [0.3, 0.4) is 0 Å². The minimum absolute atomic E-state index is 0.0972. The molecule has 1 amide bonds. The standard InChI is InChI=1S/C16H18ClN2O4PS/c1-24(21,22)11-25-15-8-13(6-7-18-15)9-19-16(20)23-10-12-2-4-14(17)5-3-12/h2-8H,9-11H2,1H3,(H,19,20)(H,21,22). The summed E-state index contributed by atoms with van der Waals surface area (Å²) in [4.78, 5) is 25.2. The smallest absolute Gasteiger partial charge is 0.407 e. The van der Waals surface area contributed by atoms with Gasteiger partial charge in [-0.1, -0.05) is 35.5 Å². The van der Waals surface area contributed by atoms with Crippen molar-refractivity contribution in [3.8, 4) is 0 Å². The number of carbonyl (C=O) groups excluding carboxylic acids is 1. The van der Waals surface area contributed by atoms with Crippen LogP contribution in [0.5, 0.6) is 0 Å². The van der Waals surface area contributed by atoms with Gasteiger partial charge in [0.2, 0.25) is 7.37 Å². The van der Waals surface area contributed by atoms with Crippen LogP contribution in [0.25, 0.3) is 0 Å². The molecule has 25 heavy (non-hydrogen) atoms. The molecular formula is C16H18ClN2O4PS. The maximum absolute atomic E-state index is 11.7. The van der Waals surface area contributed by atoms with Gasteiger partial charge >= 0.3 is 6.09 Å². The number of halogens is 1. The zero-order valence-corrected chi connectivity index (χ0v) is 16.0. The molecule has 1 aromatic carbocycles. The zero-order valence-electron chi connectivity index (χ0n) is 13.5. The van der Waals surface area contributed by atoms with E-state index in [9.17, 15) is 14.3 Å². The SMILES string of the molecule is CP(=O)(O)CSc1cc(CNC(=O)OCc2ccc(Cl)cc2)ccn1. The number of hydrogen-bond donors (Lipinski definition) is 2. The fourth-order valence-corrected chi connectivity index (χ4v) is 3.76. The van der Waals surface area contributed by atoms with E-state index in [0.717, 1.165) is 11.1 Å². The highest BCUT2D eigenvalue weighted by atomic mass is 35.5. The number of thioether (sulfide) groups is 1. The first-order chi connectivity index (χ1) is 11.8. The Morgan fingerprint density at radius 2 is 2.04 bits per heavy atom. The number of hydrogen-bond acceptors (Lipinski definition) is 5. The van der Waals surface area contributed by atoms with Gasteiger partial charge < -0.3 is 14.9 Å². The summed E-state index contributed by atoms with van der Waals surface area (Å²) in [6.07, 6.45) is 1.06. The first-order valence-electron chi connectivity index (χ1n) is 7.34. The van der Waals surface area contributed by atoms with Crippen LogP contribution in [-0.4, -0.2) is 28.1 Å². The molecule has 1 heterocycles. The van der Waals surface area contributed by atoms with Crippen LogP contribution in [0.2, 0.25) is 5.02 Å². The summed E-state index contributed by atoms with van der Waals surface area (Å²) in [7, 11) is -3.09. The van der Waals surface area contributed by atoms with Crippen molar-refractivity contribution in [1.82, 2.24) is 10.3 Å². The Morgan fingerprint density at radius 1 is 1.32 bits per heavy atom. The van der Waals surface area contributed by atoms with E-state index in [1.165, 1.54) is 18.4 Å². The number of benzene rings is 1. The van der Waals surface area contributed by atoms with E-state index in [1.54, 1.807) is 42.6 Å². The maximum atomic E-state index is 11.7. The molecular weight excluding hydrogens is 383 g/mol. The minimum atomic E-state index is -3.09. The lowest BCUT2D eigenvalue weighted by Crippen LogP contribution is -2.23. The summed E-state index contributed by atoms with van der Waals surface area (Å²) < 4.78 is 16.4. The Bertz CT molecular complexity index is 767. The molecule has 0 aliphatic carbocycles. The zero-order chi connectivity index (χ0) is 18.3. The number of rotatable bonds is 7. The van der Waals surface area contributed by atoms with E-state index in [1.807, 2.05) is 0 Å². The molecule has 0 bridgehead atoms. The molecule has 0 aliphatic heterocycles. The molecule has 0 radical (unpaired) electrons. The van der Waals surface area contributed by atoms with Gasteiger partial charge in [-0.2, -0.15) is 0 Å². The van der Waals surface area contributed by atoms with Gasteiger partial charge in [-0.05, 0) is 35.4 Å². The van der Waals surface area contributed by atoms with Gasteiger partial charge in [0, 0.05) is 24.4 Å². The van der Waals surface area contributed by atoms with E-state index < -0.39 is 13.5 Å². The van der Waals surface area contributed by atoms with Gasteiger partial charge in [0.25, 0.3) is 0 Å². The van der Waals surface area contributed by atoms with Crippen molar-refractivity contribution >= 4 is 36.8 Å². The lowest BCUT2D eigenvalue weighted by Gasteiger charge is -2.09. The molecule has 0 aliphatic rings. The van der Waals surface area contributed by atoms with Gasteiger partial charge in [0.1, 0.15) is 6.61 Å². The summed E-state index contributed by atoms with van der Waals surface area (Å²) in [5, 5.41) is 3.91. The second-order valence-electron chi connectivity index (χ2n) is 5.38. The van der Waals surface area contributed by atoms with Crippen molar-refractivity contribution in [2.45, 2.75) is 18.2 Å². The normalized spacial score (nSPS) is 13.1. The van der Waals surface area contributed by atoms with Crippen LogP contribution >= 0.6 is 30.7 Å². The Morgan fingerprint density at radius 3 is 2.72 bits per heavy atom. The number of nitrogens with zero attached hydrogens (tertiary/aromatic N) is 1. The van der Waals surface area contributed by atoms with E-state index in [-0.39, 0.29) is 18.6 Å². The quantitative estimate of drug-likeness (QED) is 0.537. The molecule has 0 spiro atoms. The number of amides is 1. The van der Waals surface area contributed by atoms with Crippen molar-refractivity contribution in [1.29, 1.82) is 0 Å². The van der Waals surface area contributed by atoms with Gasteiger partial charge in [0.05, 0.1) is 10.5 Å². The number of pyridine rings is 1. The largest absolute Gasteiger partial charge is 0.445 e. The minimum Gasteiger partial charge on any atom is -0.445 e. The summed E-state index contributed by atoms with van der Waals surface area (Å²) in [5.41, 5.74) is 1.76. The molecule has 2 N–H and O–H groups in total. The number of nitrogens with one attached hydrogen (secondary N) is 1. The molecule has 134 valence electrons. The Balaban J connectivity index is 1.79. The van der Waals surface area contributed by atoms with Crippen molar-refractivity contribution in [2.24, 2.45) is 0 Å². The maximum Gasteiger partial charge on any atom is 0.407 e. The molecule has 1 atom stereocenters. The average molecular weight is 401 g/mol. The topological polar surface area (TPSA) is 88.5 Å². The highest BCUT2D eigenvalue weighted by molar-refractivity contribution is 8.04. The van der Waals surface area contributed by atoms with Crippen LogP contribution in [0, 0.1) is 0 Å². The first kappa shape index (κ1) is 19.8. The monoisotopic (exact) mass is 400 g/mol. The Labute approximate surface area is 155 Å². The van der Waals surface area contributed by atoms with Crippen molar-refractivity contribution < 1.29 is 19.0 Å². The third-order valence-corrected chi connectivity index (χ3v) is 6.17. The molecule has 6 nitrogen and oxygen atoms in total. The molecule has 0 fully saturated rings. The highest BCUT2D eigenvalue weighted by Gasteiger charge is 2.11. The van der Waals surface area contributed by atoms with Crippen molar-refractivity contribution in [3.05, 3.63) is 58.7 Å². The van der Waals surface area contributed by atoms with E-state index >= 15 is 0 Å². The summed E-state index contributed by atoms with van der Waals surface area (Å²) in [6.45, 7) is 1.74. The van der Waals surface area contributed by atoms with Gasteiger partial charge in [0.15, 0.2) is 0 Å². The van der Waals surface area contributed by atoms with E-state index in [0.29, 0.717) is 10.0 Å². The van der Waals surface area contributed by atoms with E-state index in [4.69, 9.17) is 16.3 Å². The van der Waals surface area contributed by atoms with Crippen LogP contribution < -0.4 is 5.32 Å². The van der Waals surface area contributed by atoms with Crippen molar-refractivity contribution in [3.63, 3.8) is 0 Å². The van der Waals surface area contributed by atoms with Gasteiger partial charge in [-0.25, -0.2) is 9.78 Å². The fourth-order valence-electron chi connectivity index (χ4n) is 1.78. The highest BCUT2D eigenvalue weighted by Crippen LogP contribution is 2.41. The number of carbonyl (C=O) groups is 1. The number of ether oxygens (including phenoxy) is 1. The number of aromatic nitrogens is 1. The molecule has 9 heteroatoms. The van der Waals surface area contributed by atoms with Crippen LogP contribution in [0.1, 0.15) is 11.1 Å². The molecule has 2 rings (SSSR count). The second kappa shape index (κ2) is 9.25. The predicted octanol–water partition coefficient (Wildman–Crippen LogP) is 4.11. The molecule has 2 aromatic rings. The summed E-state index contributed by atoms with van der Waals surface area (Å²) in [5.74, 6) is 0. The Kier molecular flexibility index (Phi) is 7.32. The van der Waals surface area contributed by atoms with Crippen LogP contribution in [0.4, 0.5) is 4.79 Å². The summed E-state index contributed by atoms with van der Waals surface area (Å²) >= 11 is 7.00. The molecule has 0 saturated carbocycles. The third kappa shape index (κ3) is 7.92. The van der Waals surface area contributed by atoms with Gasteiger partial charge in [-0.15, -0.1) is 0 Å². The summed E-state index contributed by atoms with van der Waals surface area (Å²) in [6, 6.07) is 10.6. The fraction of sp³-hybridized carbons (Fsp3) is 0.250.